The second-order valence-corrected chi connectivity index (χ2v) is 8.40. The van der Waals surface area contributed by atoms with Crippen LogP contribution in [-0.2, 0) is 25.6 Å². The molecule has 0 spiro atoms. The minimum absolute atomic E-state index is 0.193. The topological polar surface area (TPSA) is 52.6 Å². The van der Waals surface area contributed by atoms with Gasteiger partial charge >= 0.3 is 0 Å². The van der Waals surface area contributed by atoms with Crippen LogP contribution in [0.4, 0.5) is 0 Å². The Labute approximate surface area is 121 Å². The molecule has 0 N–H and O–H groups in total. The molecule has 1 aromatic rings. The van der Waals surface area contributed by atoms with Gasteiger partial charge in [-0.15, -0.1) is 0 Å². The normalized spacial score (nSPS) is 24.3. The summed E-state index contributed by atoms with van der Waals surface area (Å²) in [7, 11) is -0.141. The summed E-state index contributed by atoms with van der Waals surface area (Å²) in [6.07, 6.45) is 0.486. The summed E-state index contributed by atoms with van der Waals surface area (Å²) in [5.74, 6) is 1.36. The van der Waals surface area contributed by atoms with E-state index in [4.69, 9.17) is 8.92 Å². The van der Waals surface area contributed by atoms with Gasteiger partial charge < -0.3 is 4.74 Å². The van der Waals surface area contributed by atoms with E-state index in [1.165, 1.54) is 0 Å². The van der Waals surface area contributed by atoms with Crippen LogP contribution in [-0.4, -0.2) is 38.4 Å². The van der Waals surface area contributed by atoms with Gasteiger partial charge in [-0.3, -0.25) is 4.18 Å². The van der Waals surface area contributed by atoms with Crippen LogP contribution < -0.4 is 0 Å². The highest BCUT2D eigenvalue weighted by molar-refractivity contribution is 8.76. The Kier molecular flexibility index (Phi) is 5.58. The van der Waals surface area contributed by atoms with Crippen LogP contribution >= 0.6 is 21.6 Å². The minimum Gasteiger partial charge on any atom is -0.370 e. The van der Waals surface area contributed by atoms with Crippen LogP contribution in [0.5, 0.6) is 0 Å². The van der Waals surface area contributed by atoms with Gasteiger partial charge in [0.2, 0.25) is 0 Å². The van der Waals surface area contributed by atoms with Gasteiger partial charge in [-0.05, 0) is 5.56 Å². The van der Waals surface area contributed by atoms with Crippen molar-refractivity contribution in [2.45, 2.75) is 18.8 Å². The number of ether oxygens (including phenoxy) is 1. The van der Waals surface area contributed by atoms with Crippen LogP contribution in [0.15, 0.2) is 30.3 Å². The molecule has 0 radical (unpaired) electrons. The zero-order valence-electron chi connectivity index (χ0n) is 10.5. The van der Waals surface area contributed by atoms with E-state index < -0.39 is 16.2 Å². The smallest absolute Gasteiger partial charge is 0.264 e. The molecule has 0 aliphatic carbocycles. The third kappa shape index (κ3) is 5.35. The van der Waals surface area contributed by atoms with Crippen LogP contribution in [0, 0.1) is 0 Å². The van der Waals surface area contributed by atoms with Crippen molar-refractivity contribution < 1.29 is 17.3 Å². The lowest BCUT2D eigenvalue weighted by atomic mass is 10.2. The lowest BCUT2D eigenvalue weighted by molar-refractivity contribution is -0.00956. The fourth-order valence-electron chi connectivity index (χ4n) is 1.69. The van der Waals surface area contributed by atoms with Crippen LogP contribution in [0.3, 0.4) is 0 Å². The van der Waals surface area contributed by atoms with Crippen molar-refractivity contribution >= 4 is 31.7 Å². The molecule has 1 saturated heterocycles. The average Bonchev–Trinajstić information content (AvgIpc) is 2.37. The molecule has 0 amide bonds. The van der Waals surface area contributed by atoms with Gasteiger partial charge in [0, 0.05) is 11.5 Å². The summed E-state index contributed by atoms with van der Waals surface area (Å²) in [6.45, 7) is 0.473. The predicted octanol–water partition coefficient (Wildman–Crippen LogP) is 2.31. The Morgan fingerprint density at radius 2 is 1.79 bits per heavy atom. The molecule has 1 aliphatic rings. The van der Waals surface area contributed by atoms with E-state index in [2.05, 4.69) is 0 Å². The third-order valence-electron chi connectivity index (χ3n) is 2.57. The first-order valence-corrected chi connectivity index (χ1v) is 10.1. The molecule has 7 heteroatoms. The second-order valence-electron chi connectivity index (χ2n) is 4.24. The molecule has 1 heterocycles. The lowest BCUT2D eigenvalue weighted by Crippen LogP contribution is -2.39. The molecule has 4 nitrogen and oxygen atoms in total. The summed E-state index contributed by atoms with van der Waals surface area (Å²) < 4.78 is 33.3. The predicted molar refractivity (Wildman–Crippen MR) is 79.7 cm³/mol. The maximum absolute atomic E-state index is 11.2. The van der Waals surface area contributed by atoms with E-state index in [1.54, 1.807) is 21.6 Å². The highest BCUT2D eigenvalue weighted by Crippen LogP contribution is 2.33. The Balaban J connectivity index is 1.92. The standard InChI is InChI=1S/C12H16O4S3/c1-19(13,14)16-12-9-18-17-8-11(12)15-7-10-5-3-2-4-6-10/h2-6,11-12H,7-9H2,1H3. The molecule has 1 aromatic carbocycles. The summed E-state index contributed by atoms with van der Waals surface area (Å²) in [6, 6.07) is 9.82. The first-order chi connectivity index (χ1) is 9.04. The highest BCUT2D eigenvalue weighted by Gasteiger charge is 2.30. The van der Waals surface area contributed by atoms with E-state index >= 15 is 0 Å². The molecule has 19 heavy (non-hydrogen) atoms. The van der Waals surface area contributed by atoms with Gasteiger partial charge in [-0.1, -0.05) is 51.9 Å². The van der Waals surface area contributed by atoms with Gasteiger partial charge in [0.1, 0.15) is 6.10 Å². The molecular weight excluding hydrogens is 304 g/mol. The minimum atomic E-state index is -3.44. The van der Waals surface area contributed by atoms with Crippen molar-refractivity contribution in [2.24, 2.45) is 0 Å². The van der Waals surface area contributed by atoms with Crippen molar-refractivity contribution in [3.05, 3.63) is 35.9 Å². The Morgan fingerprint density at radius 1 is 1.16 bits per heavy atom. The van der Waals surface area contributed by atoms with Crippen molar-refractivity contribution in [3.8, 4) is 0 Å². The van der Waals surface area contributed by atoms with Gasteiger partial charge in [0.05, 0.1) is 19.0 Å². The number of hydrogen-bond acceptors (Lipinski definition) is 6. The van der Waals surface area contributed by atoms with E-state index in [0.717, 1.165) is 17.6 Å². The van der Waals surface area contributed by atoms with Crippen molar-refractivity contribution in [1.29, 1.82) is 0 Å². The molecule has 1 aliphatic heterocycles. The molecule has 0 saturated carbocycles. The summed E-state index contributed by atoms with van der Waals surface area (Å²) in [5, 5.41) is 0. The zero-order chi connectivity index (χ0) is 13.7. The molecule has 1 fully saturated rings. The summed E-state index contributed by atoms with van der Waals surface area (Å²) >= 11 is 0. The maximum Gasteiger partial charge on any atom is 0.264 e. The number of benzene rings is 1. The fraction of sp³-hybridized carbons (Fsp3) is 0.500. The second kappa shape index (κ2) is 6.99. The molecule has 2 atom stereocenters. The molecule has 2 unspecified atom stereocenters. The van der Waals surface area contributed by atoms with Crippen LogP contribution in [0.2, 0.25) is 0 Å². The average molecular weight is 320 g/mol. The van der Waals surface area contributed by atoms with Crippen LogP contribution in [0.25, 0.3) is 0 Å². The van der Waals surface area contributed by atoms with E-state index in [-0.39, 0.29) is 6.10 Å². The maximum atomic E-state index is 11.2. The third-order valence-corrected chi connectivity index (χ3v) is 5.58. The highest BCUT2D eigenvalue weighted by atomic mass is 33.1. The lowest BCUT2D eigenvalue weighted by Gasteiger charge is -2.29. The first-order valence-electron chi connectivity index (χ1n) is 5.83. The fourth-order valence-corrected chi connectivity index (χ4v) is 4.86. The molecule has 0 bridgehead atoms. The van der Waals surface area contributed by atoms with Crippen LogP contribution in [0.1, 0.15) is 5.56 Å². The number of hydrogen-bond donors (Lipinski definition) is 0. The van der Waals surface area contributed by atoms with Gasteiger partial charge in [-0.2, -0.15) is 8.42 Å². The van der Waals surface area contributed by atoms with Gasteiger partial charge in [0.15, 0.2) is 0 Å². The van der Waals surface area contributed by atoms with E-state index in [1.807, 2.05) is 30.3 Å². The van der Waals surface area contributed by atoms with Crippen molar-refractivity contribution in [1.82, 2.24) is 0 Å². The summed E-state index contributed by atoms with van der Waals surface area (Å²) in [4.78, 5) is 0. The SMILES string of the molecule is CS(=O)(=O)OC1CSSCC1OCc1ccccc1. The Bertz CT molecular complexity index is 489. The molecule has 0 aromatic heterocycles. The number of rotatable bonds is 5. The van der Waals surface area contributed by atoms with Gasteiger partial charge in [-0.25, -0.2) is 0 Å². The Morgan fingerprint density at radius 3 is 2.42 bits per heavy atom. The zero-order valence-corrected chi connectivity index (χ0v) is 13.0. The molecular formula is C12H16O4S3. The largest absolute Gasteiger partial charge is 0.370 e. The summed E-state index contributed by atoms with van der Waals surface area (Å²) in [5.41, 5.74) is 1.07. The van der Waals surface area contributed by atoms with E-state index in [9.17, 15) is 8.42 Å². The van der Waals surface area contributed by atoms with E-state index in [0.29, 0.717) is 12.4 Å². The molecule has 106 valence electrons. The van der Waals surface area contributed by atoms with Crippen molar-refractivity contribution in [2.75, 3.05) is 17.8 Å². The first kappa shape index (κ1) is 15.2. The van der Waals surface area contributed by atoms with Gasteiger partial charge in [0.25, 0.3) is 10.1 Å². The molecule has 2 rings (SSSR count). The quantitative estimate of drug-likeness (QED) is 0.613. The Hall–Kier alpha value is -0.210. The van der Waals surface area contributed by atoms with Crippen molar-refractivity contribution in [3.63, 3.8) is 0 Å². The monoisotopic (exact) mass is 320 g/mol.